The zero-order valence-electron chi connectivity index (χ0n) is 15.2. The maximum Gasteiger partial charge on any atom is 0.342 e. The van der Waals surface area contributed by atoms with Gasteiger partial charge in [-0.3, -0.25) is 4.79 Å². The number of nitrogens with zero attached hydrogens (tertiary/aromatic N) is 1. The number of carbonyl (C=O) groups excluding carboxylic acids is 2. The lowest BCUT2D eigenvalue weighted by atomic mass is 10.1. The summed E-state index contributed by atoms with van der Waals surface area (Å²) in [5.41, 5.74) is 2.74. The molecule has 0 aliphatic carbocycles. The van der Waals surface area contributed by atoms with E-state index in [-0.39, 0.29) is 17.1 Å². The highest BCUT2D eigenvalue weighted by molar-refractivity contribution is 6.42. The molecule has 7 heteroatoms. The molecule has 144 valence electrons. The Hall–Kier alpha value is -2.76. The summed E-state index contributed by atoms with van der Waals surface area (Å²) in [6.07, 6.45) is 0. The number of Topliss-reactive ketones (excluding diaryl/α,β-unsaturated/α-hetero) is 1. The third-order valence-corrected chi connectivity index (χ3v) is 5.09. The van der Waals surface area contributed by atoms with Crippen LogP contribution in [0, 0.1) is 13.8 Å². The van der Waals surface area contributed by atoms with E-state index in [0.717, 1.165) is 11.4 Å². The van der Waals surface area contributed by atoms with Crippen molar-refractivity contribution in [1.82, 2.24) is 4.57 Å². The van der Waals surface area contributed by atoms with Crippen molar-refractivity contribution in [3.63, 3.8) is 0 Å². The number of halogens is 2. The van der Waals surface area contributed by atoms with E-state index in [1.54, 1.807) is 43.3 Å². The first-order valence-electron chi connectivity index (χ1n) is 8.42. The number of aromatic hydroxyl groups is 1. The predicted octanol–water partition coefficient (Wildman–Crippen LogP) is 5.15. The molecule has 0 aliphatic heterocycles. The molecule has 0 spiro atoms. The van der Waals surface area contributed by atoms with Crippen LogP contribution in [0.4, 0.5) is 0 Å². The van der Waals surface area contributed by atoms with Crippen molar-refractivity contribution in [2.75, 3.05) is 6.61 Å². The van der Waals surface area contributed by atoms with Crippen LogP contribution in [-0.4, -0.2) is 28.0 Å². The van der Waals surface area contributed by atoms with Gasteiger partial charge in [0.2, 0.25) is 5.78 Å². The Morgan fingerprint density at radius 2 is 1.71 bits per heavy atom. The molecule has 0 saturated carbocycles. The number of ketones is 1. The minimum atomic E-state index is -0.759. The normalized spacial score (nSPS) is 10.7. The Labute approximate surface area is 172 Å². The van der Waals surface area contributed by atoms with Crippen LogP contribution in [0.2, 0.25) is 10.0 Å². The first-order chi connectivity index (χ1) is 13.3. The van der Waals surface area contributed by atoms with Gasteiger partial charge in [0, 0.05) is 22.6 Å². The fourth-order valence-electron chi connectivity index (χ4n) is 3.00. The number of phenols is 1. The molecule has 3 aromatic rings. The Morgan fingerprint density at radius 3 is 2.39 bits per heavy atom. The first-order valence-corrected chi connectivity index (χ1v) is 9.18. The Morgan fingerprint density at radius 1 is 1.00 bits per heavy atom. The minimum absolute atomic E-state index is 0.0107. The molecule has 2 aromatic carbocycles. The molecule has 1 aromatic heterocycles. The van der Waals surface area contributed by atoms with Gasteiger partial charge in [-0.15, -0.1) is 0 Å². The van der Waals surface area contributed by atoms with E-state index in [2.05, 4.69) is 0 Å². The molecule has 1 heterocycles. The summed E-state index contributed by atoms with van der Waals surface area (Å²) in [6.45, 7) is 3.23. The Kier molecular flexibility index (Phi) is 5.77. The fourth-order valence-corrected chi connectivity index (χ4v) is 3.29. The highest BCUT2D eigenvalue weighted by atomic mass is 35.5. The highest BCUT2D eigenvalue weighted by Crippen LogP contribution is 2.28. The summed E-state index contributed by atoms with van der Waals surface area (Å²) in [5.74, 6) is -1.30. The quantitative estimate of drug-likeness (QED) is 0.460. The molecular weight excluding hydrogens is 401 g/mol. The largest absolute Gasteiger partial charge is 0.507 e. The van der Waals surface area contributed by atoms with Crippen molar-refractivity contribution >= 4 is 35.0 Å². The number of aromatic nitrogens is 1. The number of hydrogen-bond donors (Lipinski definition) is 1. The maximum absolute atomic E-state index is 12.6. The van der Waals surface area contributed by atoms with E-state index >= 15 is 0 Å². The number of benzene rings is 2. The van der Waals surface area contributed by atoms with E-state index < -0.39 is 12.6 Å². The van der Waals surface area contributed by atoms with Crippen LogP contribution in [0.5, 0.6) is 5.75 Å². The van der Waals surface area contributed by atoms with Crippen molar-refractivity contribution in [2.45, 2.75) is 13.8 Å². The van der Waals surface area contributed by atoms with Crippen LogP contribution in [0.1, 0.15) is 32.1 Å². The molecule has 28 heavy (non-hydrogen) atoms. The maximum atomic E-state index is 12.6. The summed E-state index contributed by atoms with van der Waals surface area (Å²) < 4.78 is 6.95. The molecule has 0 aliphatic rings. The van der Waals surface area contributed by atoms with Crippen LogP contribution < -0.4 is 0 Å². The lowest BCUT2D eigenvalue weighted by Gasteiger charge is -2.11. The molecule has 0 amide bonds. The molecule has 0 unspecified atom stereocenters. The minimum Gasteiger partial charge on any atom is -0.507 e. The van der Waals surface area contributed by atoms with Crippen LogP contribution >= 0.6 is 23.2 Å². The average Bonchev–Trinajstić information content (AvgIpc) is 2.96. The number of esters is 1. The molecule has 0 fully saturated rings. The number of aryl methyl sites for hydroxylation is 1. The van der Waals surface area contributed by atoms with Crippen molar-refractivity contribution in [1.29, 1.82) is 0 Å². The van der Waals surface area contributed by atoms with Gasteiger partial charge in [0.25, 0.3) is 0 Å². The zero-order valence-corrected chi connectivity index (χ0v) is 16.7. The number of rotatable bonds is 5. The molecule has 0 saturated heterocycles. The number of ether oxygens (including phenoxy) is 1. The summed E-state index contributed by atoms with van der Waals surface area (Å²) in [5, 5.41) is 10.6. The van der Waals surface area contributed by atoms with E-state index in [1.807, 2.05) is 11.5 Å². The van der Waals surface area contributed by atoms with Gasteiger partial charge in [0.15, 0.2) is 6.61 Å². The molecule has 5 nitrogen and oxygen atoms in total. The van der Waals surface area contributed by atoms with Crippen LogP contribution in [-0.2, 0) is 4.74 Å². The lowest BCUT2D eigenvalue weighted by Crippen LogP contribution is -2.15. The number of carbonyl (C=O) groups is 2. The second kappa shape index (κ2) is 8.09. The zero-order chi connectivity index (χ0) is 20.4. The van der Waals surface area contributed by atoms with Gasteiger partial charge in [-0.25, -0.2) is 4.79 Å². The first kappa shape index (κ1) is 20.0. The lowest BCUT2D eigenvalue weighted by molar-refractivity contribution is 0.0471. The molecule has 1 N–H and O–H groups in total. The third-order valence-electron chi connectivity index (χ3n) is 4.35. The monoisotopic (exact) mass is 417 g/mol. The van der Waals surface area contributed by atoms with Gasteiger partial charge in [0.1, 0.15) is 11.3 Å². The molecular formula is C21H17Cl2NO4. The van der Waals surface area contributed by atoms with E-state index in [1.165, 1.54) is 12.1 Å². The van der Waals surface area contributed by atoms with Crippen LogP contribution in [0.15, 0.2) is 48.5 Å². The van der Waals surface area contributed by atoms with Gasteiger partial charge in [0.05, 0.1) is 10.0 Å². The van der Waals surface area contributed by atoms with Gasteiger partial charge >= 0.3 is 5.97 Å². The van der Waals surface area contributed by atoms with Gasteiger partial charge in [-0.05, 0) is 50.2 Å². The molecule has 0 radical (unpaired) electrons. The Balaban J connectivity index is 1.80. The van der Waals surface area contributed by atoms with Crippen molar-refractivity contribution in [3.05, 3.63) is 81.1 Å². The predicted molar refractivity (Wildman–Crippen MR) is 108 cm³/mol. The van der Waals surface area contributed by atoms with E-state index in [0.29, 0.717) is 21.3 Å². The summed E-state index contributed by atoms with van der Waals surface area (Å²) >= 11 is 12.1. The molecule has 0 bridgehead atoms. The second-order valence-electron chi connectivity index (χ2n) is 6.24. The Bertz CT molecular complexity index is 1070. The standard InChI is InChI=1S/C21H17Cl2NO4/c1-12-9-16(13(2)24(12)14-7-8-17(22)18(23)10-14)20(26)11-28-21(27)15-5-3-4-6-19(15)25/h3-10,25H,11H2,1-2H3. The van der Waals surface area contributed by atoms with E-state index in [9.17, 15) is 14.7 Å². The van der Waals surface area contributed by atoms with Crippen molar-refractivity contribution in [3.8, 4) is 11.4 Å². The molecule has 0 atom stereocenters. The number of phenolic OH excluding ortho intramolecular Hbond substituents is 1. The van der Waals surface area contributed by atoms with Crippen LogP contribution in [0.25, 0.3) is 5.69 Å². The topological polar surface area (TPSA) is 68.5 Å². The average molecular weight is 418 g/mol. The van der Waals surface area contributed by atoms with Gasteiger partial charge < -0.3 is 14.4 Å². The van der Waals surface area contributed by atoms with Crippen molar-refractivity contribution < 1.29 is 19.4 Å². The number of para-hydroxylation sites is 1. The third kappa shape index (κ3) is 3.91. The number of hydrogen-bond acceptors (Lipinski definition) is 4. The van der Waals surface area contributed by atoms with Crippen molar-refractivity contribution in [2.24, 2.45) is 0 Å². The second-order valence-corrected chi connectivity index (χ2v) is 7.05. The fraction of sp³-hybridized carbons (Fsp3) is 0.143. The summed E-state index contributed by atoms with van der Waals surface area (Å²) in [6, 6.07) is 12.9. The van der Waals surface area contributed by atoms with Gasteiger partial charge in [-0.1, -0.05) is 35.3 Å². The summed E-state index contributed by atoms with van der Waals surface area (Å²) in [4.78, 5) is 24.7. The highest BCUT2D eigenvalue weighted by Gasteiger charge is 2.20. The molecule has 3 rings (SSSR count). The smallest absolute Gasteiger partial charge is 0.342 e. The SMILES string of the molecule is Cc1cc(C(=O)COC(=O)c2ccccc2O)c(C)n1-c1ccc(Cl)c(Cl)c1. The van der Waals surface area contributed by atoms with E-state index in [4.69, 9.17) is 27.9 Å². The van der Waals surface area contributed by atoms with Crippen LogP contribution in [0.3, 0.4) is 0 Å². The summed E-state index contributed by atoms with van der Waals surface area (Å²) in [7, 11) is 0. The van der Waals surface area contributed by atoms with Gasteiger partial charge in [-0.2, -0.15) is 0 Å².